The summed E-state index contributed by atoms with van der Waals surface area (Å²) in [5.74, 6) is 0. The standard InChI is InChI=1S/C19H19NS/c1-14-10-15(2)12-17(11-14)20-13-18-8-9-19(21-18)16-6-4-3-5-7-16/h3-12,20H,13H2,1-2H3. The van der Waals surface area contributed by atoms with Crippen LogP contribution < -0.4 is 5.32 Å². The first-order valence-corrected chi connectivity index (χ1v) is 7.99. The fraction of sp³-hybridized carbons (Fsp3) is 0.158. The van der Waals surface area contributed by atoms with Crippen LogP contribution in [-0.2, 0) is 6.54 Å². The first kappa shape index (κ1) is 13.9. The SMILES string of the molecule is Cc1cc(C)cc(NCc2ccc(-c3ccccc3)s2)c1. The molecule has 2 aromatic carbocycles. The van der Waals surface area contributed by atoms with Crippen LogP contribution in [0.3, 0.4) is 0 Å². The van der Waals surface area contributed by atoms with Crippen molar-refractivity contribution in [2.45, 2.75) is 20.4 Å². The van der Waals surface area contributed by atoms with Gasteiger partial charge in [0.25, 0.3) is 0 Å². The van der Waals surface area contributed by atoms with Crippen LogP contribution >= 0.6 is 11.3 Å². The number of thiophene rings is 1. The van der Waals surface area contributed by atoms with Crippen LogP contribution in [0.4, 0.5) is 5.69 Å². The smallest absolute Gasteiger partial charge is 0.0494 e. The van der Waals surface area contributed by atoms with Crippen molar-refractivity contribution in [1.82, 2.24) is 0 Å². The molecule has 0 amide bonds. The molecule has 106 valence electrons. The highest BCUT2D eigenvalue weighted by atomic mass is 32.1. The molecule has 0 bridgehead atoms. The molecule has 1 heterocycles. The van der Waals surface area contributed by atoms with E-state index in [-0.39, 0.29) is 0 Å². The monoisotopic (exact) mass is 293 g/mol. The zero-order valence-corrected chi connectivity index (χ0v) is 13.2. The maximum atomic E-state index is 3.52. The summed E-state index contributed by atoms with van der Waals surface area (Å²) in [5.41, 5.74) is 5.09. The van der Waals surface area contributed by atoms with Gasteiger partial charge in [0.15, 0.2) is 0 Å². The van der Waals surface area contributed by atoms with E-state index < -0.39 is 0 Å². The van der Waals surface area contributed by atoms with Crippen LogP contribution in [-0.4, -0.2) is 0 Å². The van der Waals surface area contributed by atoms with E-state index in [0.29, 0.717) is 0 Å². The summed E-state index contributed by atoms with van der Waals surface area (Å²) in [6.07, 6.45) is 0. The molecule has 3 rings (SSSR count). The van der Waals surface area contributed by atoms with E-state index in [1.807, 2.05) is 11.3 Å². The summed E-state index contributed by atoms with van der Waals surface area (Å²) in [6.45, 7) is 5.15. The molecule has 1 aromatic heterocycles. The summed E-state index contributed by atoms with van der Waals surface area (Å²) in [5, 5.41) is 3.52. The van der Waals surface area contributed by atoms with Gasteiger partial charge in [-0.05, 0) is 54.8 Å². The van der Waals surface area contributed by atoms with Crippen molar-refractivity contribution < 1.29 is 0 Å². The van der Waals surface area contributed by atoms with E-state index in [9.17, 15) is 0 Å². The van der Waals surface area contributed by atoms with Gasteiger partial charge in [-0.1, -0.05) is 36.4 Å². The van der Waals surface area contributed by atoms with Crippen molar-refractivity contribution >= 4 is 17.0 Å². The lowest BCUT2D eigenvalue weighted by Gasteiger charge is -2.07. The lowest BCUT2D eigenvalue weighted by atomic mass is 10.1. The first-order chi connectivity index (χ1) is 10.2. The van der Waals surface area contributed by atoms with E-state index in [1.165, 1.54) is 32.1 Å². The molecule has 0 aliphatic heterocycles. The lowest BCUT2D eigenvalue weighted by molar-refractivity contribution is 1.18. The number of rotatable bonds is 4. The Morgan fingerprint density at radius 1 is 0.857 bits per heavy atom. The Morgan fingerprint density at radius 3 is 2.29 bits per heavy atom. The quantitative estimate of drug-likeness (QED) is 0.656. The number of nitrogens with one attached hydrogen (secondary N) is 1. The minimum Gasteiger partial charge on any atom is -0.380 e. The maximum Gasteiger partial charge on any atom is 0.0494 e. The van der Waals surface area contributed by atoms with Gasteiger partial charge in [-0.3, -0.25) is 0 Å². The number of aryl methyl sites for hydroxylation is 2. The van der Waals surface area contributed by atoms with Gasteiger partial charge in [0.1, 0.15) is 0 Å². The topological polar surface area (TPSA) is 12.0 Å². The van der Waals surface area contributed by atoms with Gasteiger partial charge in [-0.15, -0.1) is 11.3 Å². The average molecular weight is 293 g/mol. The lowest BCUT2D eigenvalue weighted by Crippen LogP contribution is -1.97. The number of benzene rings is 2. The fourth-order valence-corrected chi connectivity index (χ4v) is 3.45. The van der Waals surface area contributed by atoms with E-state index >= 15 is 0 Å². The van der Waals surface area contributed by atoms with Gasteiger partial charge in [0.2, 0.25) is 0 Å². The highest BCUT2D eigenvalue weighted by Gasteiger charge is 2.03. The number of anilines is 1. The van der Waals surface area contributed by atoms with Crippen molar-refractivity contribution in [1.29, 1.82) is 0 Å². The summed E-state index contributed by atoms with van der Waals surface area (Å²) in [4.78, 5) is 2.68. The van der Waals surface area contributed by atoms with E-state index in [4.69, 9.17) is 0 Å². The molecule has 0 spiro atoms. The molecule has 2 heteroatoms. The van der Waals surface area contributed by atoms with Crippen molar-refractivity contribution in [3.05, 3.63) is 76.7 Å². The Balaban J connectivity index is 1.70. The average Bonchev–Trinajstić information content (AvgIpc) is 2.94. The second-order valence-electron chi connectivity index (χ2n) is 5.36. The zero-order chi connectivity index (χ0) is 14.7. The third kappa shape index (κ3) is 3.53. The molecule has 0 atom stereocenters. The van der Waals surface area contributed by atoms with Gasteiger partial charge < -0.3 is 5.32 Å². The zero-order valence-electron chi connectivity index (χ0n) is 12.4. The van der Waals surface area contributed by atoms with Gasteiger partial charge in [-0.2, -0.15) is 0 Å². The number of hydrogen-bond acceptors (Lipinski definition) is 2. The fourth-order valence-electron chi connectivity index (χ4n) is 2.50. The predicted molar refractivity (Wildman–Crippen MR) is 93.0 cm³/mol. The molecule has 0 aliphatic rings. The number of hydrogen-bond donors (Lipinski definition) is 1. The Bertz CT molecular complexity index is 708. The molecule has 0 saturated carbocycles. The minimum absolute atomic E-state index is 0.875. The highest BCUT2D eigenvalue weighted by molar-refractivity contribution is 7.15. The Labute approximate surface area is 130 Å². The van der Waals surface area contributed by atoms with Crippen molar-refractivity contribution in [2.75, 3.05) is 5.32 Å². The Morgan fingerprint density at radius 2 is 1.57 bits per heavy atom. The van der Waals surface area contributed by atoms with E-state index in [1.54, 1.807) is 0 Å². The third-order valence-corrected chi connectivity index (χ3v) is 4.54. The van der Waals surface area contributed by atoms with Crippen LogP contribution in [0.15, 0.2) is 60.7 Å². The summed E-state index contributed by atoms with van der Waals surface area (Å²) >= 11 is 1.85. The van der Waals surface area contributed by atoms with Gasteiger partial charge in [0, 0.05) is 22.0 Å². The van der Waals surface area contributed by atoms with Gasteiger partial charge >= 0.3 is 0 Å². The molecule has 0 unspecified atom stereocenters. The molecule has 1 nitrogen and oxygen atoms in total. The van der Waals surface area contributed by atoms with Crippen LogP contribution in [0, 0.1) is 13.8 Å². The molecule has 0 fully saturated rings. The minimum atomic E-state index is 0.875. The van der Waals surface area contributed by atoms with E-state index in [0.717, 1.165) is 6.54 Å². The van der Waals surface area contributed by atoms with Gasteiger partial charge in [-0.25, -0.2) is 0 Å². The first-order valence-electron chi connectivity index (χ1n) is 7.17. The maximum absolute atomic E-state index is 3.52. The van der Waals surface area contributed by atoms with Crippen LogP contribution in [0.2, 0.25) is 0 Å². The summed E-state index contributed by atoms with van der Waals surface area (Å²) in [7, 11) is 0. The van der Waals surface area contributed by atoms with Crippen molar-refractivity contribution in [3.63, 3.8) is 0 Å². The summed E-state index contributed by atoms with van der Waals surface area (Å²) in [6, 6.07) is 21.5. The molecule has 1 N–H and O–H groups in total. The molecule has 21 heavy (non-hydrogen) atoms. The van der Waals surface area contributed by atoms with Crippen LogP contribution in [0.1, 0.15) is 16.0 Å². The largest absolute Gasteiger partial charge is 0.380 e. The normalized spacial score (nSPS) is 10.6. The molecule has 0 radical (unpaired) electrons. The predicted octanol–water partition coefficient (Wildman–Crippen LogP) is 5.64. The third-order valence-electron chi connectivity index (χ3n) is 3.41. The Kier molecular flexibility index (Phi) is 4.07. The highest BCUT2D eigenvalue weighted by Crippen LogP contribution is 2.28. The van der Waals surface area contributed by atoms with Crippen LogP contribution in [0.25, 0.3) is 10.4 Å². The second-order valence-corrected chi connectivity index (χ2v) is 6.53. The molecular formula is C19H19NS. The molecular weight excluding hydrogens is 274 g/mol. The van der Waals surface area contributed by atoms with Crippen molar-refractivity contribution in [3.8, 4) is 10.4 Å². The van der Waals surface area contributed by atoms with Crippen molar-refractivity contribution in [2.24, 2.45) is 0 Å². The van der Waals surface area contributed by atoms with E-state index in [2.05, 4.69) is 79.8 Å². The molecule has 0 aliphatic carbocycles. The molecule has 3 aromatic rings. The molecule has 0 saturated heterocycles. The van der Waals surface area contributed by atoms with Crippen LogP contribution in [0.5, 0.6) is 0 Å². The Hall–Kier alpha value is -2.06. The summed E-state index contributed by atoms with van der Waals surface area (Å²) < 4.78 is 0. The second kappa shape index (κ2) is 6.15. The van der Waals surface area contributed by atoms with Gasteiger partial charge in [0.05, 0.1) is 0 Å².